The van der Waals surface area contributed by atoms with Gasteiger partial charge in [0.25, 0.3) is 0 Å². The predicted octanol–water partition coefficient (Wildman–Crippen LogP) is 16.1. The molecule has 10 rings (SSSR count). The van der Waals surface area contributed by atoms with Gasteiger partial charge in [0.05, 0.1) is 27.4 Å². The zero-order valence-electron chi connectivity index (χ0n) is 31.8. The van der Waals surface area contributed by atoms with Crippen LogP contribution in [0, 0.1) is 0 Å². The van der Waals surface area contributed by atoms with E-state index in [2.05, 4.69) is 251 Å². The lowest BCUT2D eigenvalue weighted by atomic mass is 10.0. The van der Waals surface area contributed by atoms with Crippen LogP contribution in [0.15, 0.2) is 237 Å². The second-order valence-electron chi connectivity index (χ2n) is 14.2. The molecule has 0 unspecified atom stereocenters. The highest BCUT2D eigenvalue weighted by Crippen LogP contribution is 2.49. The molecule has 1 heterocycles. The number of rotatable bonds is 10. The second-order valence-corrected chi connectivity index (χ2v) is 15.3. The summed E-state index contributed by atoms with van der Waals surface area (Å²) in [5, 5.41) is 2.53. The lowest BCUT2D eigenvalue weighted by Crippen LogP contribution is -2.16. The molecule has 0 radical (unpaired) electrons. The van der Waals surface area contributed by atoms with Crippen LogP contribution in [0.1, 0.15) is 0 Å². The Balaban J connectivity index is 1.27. The van der Waals surface area contributed by atoms with Gasteiger partial charge in [-0.15, -0.1) is 11.3 Å². The minimum Gasteiger partial charge on any atom is -0.310 e. The van der Waals surface area contributed by atoms with Crippen LogP contribution in [0.4, 0.5) is 51.2 Å². The van der Waals surface area contributed by atoms with Gasteiger partial charge in [0, 0.05) is 43.9 Å². The number of hydrogen-bond acceptors (Lipinski definition) is 4. The standard InChI is InChI=1S/C54H39N3S/c1-6-19-40(20-7-1)41-33-35-46(36-34-41)57(52-31-18-30-51-50-29-16-17-32-53(50)58-54(51)52)49-38-47(55(42-21-8-2-9-22-42)43-23-10-3-11-24-43)37-48(39-49)56(44-25-12-4-13-26-44)45-27-14-5-15-28-45/h1-39H. The Morgan fingerprint density at radius 3 is 1.14 bits per heavy atom. The topological polar surface area (TPSA) is 9.72 Å². The Hall–Kier alpha value is -7.40. The van der Waals surface area contributed by atoms with Gasteiger partial charge in [0.1, 0.15) is 0 Å². The van der Waals surface area contributed by atoms with Crippen LogP contribution in [0.2, 0.25) is 0 Å². The Kier molecular flexibility index (Phi) is 9.44. The number of nitrogens with zero attached hydrogens (tertiary/aromatic N) is 3. The van der Waals surface area contributed by atoms with Gasteiger partial charge in [-0.3, -0.25) is 0 Å². The van der Waals surface area contributed by atoms with Gasteiger partial charge in [-0.1, -0.05) is 146 Å². The maximum atomic E-state index is 2.45. The predicted molar refractivity (Wildman–Crippen MR) is 249 cm³/mol. The SMILES string of the molecule is c1ccc(-c2ccc(N(c3cc(N(c4ccccc4)c4ccccc4)cc(N(c4ccccc4)c4ccccc4)c3)c3cccc4c3sc3ccccc34)cc2)cc1. The van der Waals surface area contributed by atoms with Crippen molar-refractivity contribution in [2.75, 3.05) is 14.7 Å². The number of anilines is 9. The van der Waals surface area contributed by atoms with Gasteiger partial charge in [0.2, 0.25) is 0 Å². The lowest BCUT2D eigenvalue weighted by molar-refractivity contribution is 1.23. The van der Waals surface area contributed by atoms with Gasteiger partial charge < -0.3 is 14.7 Å². The third-order valence-electron chi connectivity index (χ3n) is 10.6. The Labute approximate surface area is 343 Å². The van der Waals surface area contributed by atoms with E-state index in [1.54, 1.807) is 0 Å². The molecule has 4 heteroatoms. The van der Waals surface area contributed by atoms with E-state index in [0.29, 0.717) is 0 Å². The van der Waals surface area contributed by atoms with Crippen LogP contribution in [-0.4, -0.2) is 0 Å². The van der Waals surface area contributed by atoms with E-state index >= 15 is 0 Å². The average Bonchev–Trinajstić information content (AvgIpc) is 3.68. The molecule has 0 spiro atoms. The number of fused-ring (bicyclic) bond motifs is 3. The maximum Gasteiger partial charge on any atom is 0.0640 e. The van der Waals surface area contributed by atoms with E-state index in [4.69, 9.17) is 0 Å². The third kappa shape index (κ3) is 6.76. The highest BCUT2D eigenvalue weighted by Gasteiger charge is 2.24. The number of hydrogen-bond donors (Lipinski definition) is 0. The van der Waals surface area contributed by atoms with E-state index < -0.39 is 0 Å². The fourth-order valence-electron chi connectivity index (χ4n) is 7.94. The summed E-state index contributed by atoms with van der Waals surface area (Å²) in [7, 11) is 0. The molecule has 3 nitrogen and oxygen atoms in total. The molecule has 10 aromatic rings. The zero-order valence-corrected chi connectivity index (χ0v) is 32.6. The molecule has 0 atom stereocenters. The van der Waals surface area contributed by atoms with Crippen molar-refractivity contribution in [3.63, 3.8) is 0 Å². The second kappa shape index (κ2) is 15.6. The summed E-state index contributed by atoms with van der Waals surface area (Å²) >= 11 is 1.85. The molecule has 0 fully saturated rings. The lowest BCUT2D eigenvalue weighted by Gasteiger charge is -2.33. The van der Waals surface area contributed by atoms with Crippen LogP contribution in [0.25, 0.3) is 31.3 Å². The van der Waals surface area contributed by atoms with Crippen LogP contribution >= 0.6 is 11.3 Å². The highest BCUT2D eigenvalue weighted by molar-refractivity contribution is 7.26. The largest absolute Gasteiger partial charge is 0.310 e. The van der Waals surface area contributed by atoms with Crippen molar-refractivity contribution in [2.45, 2.75) is 0 Å². The van der Waals surface area contributed by atoms with Gasteiger partial charge in [-0.25, -0.2) is 0 Å². The Morgan fingerprint density at radius 2 is 0.638 bits per heavy atom. The van der Waals surface area contributed by atoms with E-state index in [1.807, 2.05) is 11.3 Å². The first-order valence-corrected chi connectivity index (χ1v) is 20.4. The quantitative estimate of drug-likeness (QED) is 0.137. The van der Waals surface area contributed by atoms with E-state index in [9.17, 15) is 0 Å². The van der Waals surface area contributed by atoms with E-state index in [1.165, 1.54) is 31.3 Å². The molecule has 0 amide bonds. The Morgan fingerprint density at radius 1 is 0.259 bits per heavy atom. The molecule has 0 bridgehead atoms. The van der Waals surface area contributed by atoms with Gasteiger partial charge in [-0.05, 0) is 102 Å². The highest BCUT2D eigenvalue weighted by atomic mass is 32.1. The normalized spacial score (nSPS) is 11.1. The minimum atomic E-state index is 1.04. The van der Waals surface area contributed by atoms with Crippen LogP contribution < -0.4 is 14.7 Å². The monoisotopic (exact) mass is 761 g/mol. The Bertz CT molecular complexity index is 2750. The summed E-state index contributed by atoms with van der Waals surface area (Å²) in [6.07, 6.45) is 0. The molecule has 9 aromatic carbocycles. The summed E-state index contributed by atoms with van der Waals surface area (Å²) in [5.41, 5.74) is 12.0. The molecule has 276 valence electrons. The van der Waals surface area contributed by atoms with Gasteiger partial charge >= 0.3 is 0 Å². The summed E-state index contributed by atoms with van der Waals surface area (Å²) < 4.78 is 2.52. The third-order valence-corrected chi connectivity index (χ3v) is 11.8. The molecule has 0 aliphatic carbocycles. The van der Waals surface area contributed by atoms with Crippen molar-refractivity contribution in [3.05, 3.63) is 237 Å². The fourth-order valence-corrected chi connectivity index (χ4v) is 9.15. The summed E-state index contributed by atoms with van der Waals surface area (Å²) in [5.74, 6) is 0. The minimum absolute atomic E-state index is 1.04. The molecule has 0 aliphatic rings. The van der Waals surface area contributed by atoms with Crippen LogP contribution in [0.3, 0.4) is 0 Å². The first-order chi connectivity index (χ1) is 28.8. The van der Waals surface area contributed by atoms with Crippen LogP contribution in [-0.2, 0) is 0 Å². The van der Waals surface area contributed by atoms with Gasteiger partial charge in [-0.2, -0.15) is 0 Å². The first-order valence-electron chi connectivity index (χ1n) is 19.6. The van der Waals surface area contributed by atoms with E-state index in [0.717, 1.165) is 51.2 Å². The average molecular weight is 762 g/mol. The number of benzene rings is 9. The van der Waals surface area contributed by atoms with Crippen molar-refractivity contribution < 1.29 is 0 Å². The molecule has 0 saturated carbocycles. The smallest absolute Gasteiger partial charge is 0.0640 e. The van der Waals surface area contributed by atoms with E-state index in [-0.39, 0.29) is 0 Å². The number of thiophene rings is 1. The zero-order chi connectivity index (χ0) is 38.7. The van der Waals surface area contributed by atoms with Crippen LogP contribution in [0.5, 0.6) is 0 Å². The summed E-state index contributed by atoms with van der Waals surface area (Å²) in [6, 6.07) is 84.8. The summed E-state index contributed by atoms with van der Waals surface area (Å²) in [6.45, 7) is 0. The molecule has 0 aliphatic heterocycles. The molecule has 0 N–H and O–H groups in total. The molecular formula is C54H39N3S. The molecule has 1 aromatic heterocycles. The van der Waals surface area contributed by atoms with Crippen molar-refractivity contribution in [3.8, 4) is 11.1 Å². The van der Waals surface area contributed by atoms with Gasteiger partial charge in [0.15, 0.2) is 0 Å². The molecule has 0 saturated heterocycles. The number of para-hydroxylation sites is 4. The van der Waals surface area contributed by atoms with Crippen molar-refractivity contribution in [1.29, 1.82) is 0 Å². The maximum absolute atomic E-state index is 2.45. The molecule has 58 heavy (non-hydrogen) atoms. The van der Waals surface area contributed by atoms with Crippen molar-refractivity contribution >= 4 is 82.7 Å². The van der Waals surface area contributed by atoms with Crippen molar-refractivity contribution in [2.24, 2.45) is 0 Å². The summed E-state index contributed by atoms with van der Waals surface area (Å²) in [4.78, 5) is 7.16. The fraction of sp³-hybridized carbons (Fsp3) is 0. The van der Waals surface area contributed by atoms with Crippen molar-refractivity contribution in [1.82, 2.24) is 0 Å². The first kappa shape index (κ1) is 35.0. The molecular weight excluding hydrogens is 723 g/mol.